The molecule has 4 aliphatic rings. The fourth-order valence-corrected chi connectivity index (χ4v) is 7.05. The summed E-state index contributed by atoms with van der Waals surface area (Å²) in [6, 6.07) is 0. The lowest BCUT2D eigenvalue weighted by atomic mass is 9.48. The van der Waals surface area contributed by atoms with E-state index in [0.717, 1.165) is 25.2 Å². The summed E-state index contributed by atoms with van der Waals surface area (Å²) in [6.45, 7) is 8.00. The van der Waals surface area contributed by atoms with Crippen LogP contribution in [0.3, 0.4) is 0 Å². The van der Waals surface area contributed by atoms with Crippen molar-refractivity contribution in [3.8, 4) is 0 Å². The van der Waals surface area contributed by atoms with Crippen molar-refractivity contribution in [1.29, 1.82) is 0 Å². The molecule has 0 aliphatic heterocycles. The summed E-state index contributed by atoms with van der Waals surface area (Å²) in [5.74, 6) is 2.07. The second-order valence-corrected chi connectivity index (χ2v) is 10.1. The summed E-state index contributed by atoms with van der Waals surface area (Å²) < 4.78 is 5.76. The molecule has 3 heteroatoms. The molecule has 4 rings (SSSR count). The van der Waals surface area contributed by atoms with E-state index < -0.39 is 0 Å². The minimum Gasteiger partial charge on any atom is -0.462 e. The molecule has 2 saturated carbocycles. The third kappa shape index (κ3) is 3.11. The highest BCUT2D eigenvalue weighted by molar-refractivity contribution is 5.87. The number of ketones is 1. The highest BCUT2D eigenvalue weighted by atomic mass is 16.5. The van der Waals surface area contributed by atoms with Gasteiger partial charge in [0, 0.05) is 12.3 Å². The van der Waals surface area contributed by atoms with Gasteiger partial charge >= 0.3 is 5.97 Å². The van der Waals surface area contributed by atoms with Crippen LogP contribution in [0.4, 0.5) is 0 Å². The fraction of sp³-hybridized carbons (Fsp3) is 0.680. The monoisotopic (exact) mass is 382 g/mol. The Kier molecular flexibility index (Phi) is 4.92. The first-order valence-corrected chi connectivity index (χ1v) is 11.0. The smallest absolute Gasteiger partial charge is 0.302 e. The van der Waals surface area contributed by atoms with E-state index in [0.29, 0.717) is 11.8 Å². The molecule has 0 N–H and O–H groups in total. The predicted molar refractivity (Wildman–Crippen MR) is 111 cm³/mol. The Morgan fingerprint density at radius 2 is 1.89 bits per heavy atom. The van der Waals surface area contributed by atoms with Gasteiger partial charge in [-0.05, 0) is 92.3 Å². The van der Waals surface area contributed by atoms with E-state index in [1.54, 1.807) is 19.9 Å². The van der Waals surface area contributed by atoms with Gasteiger partial charge in [0.1, 0.15) is 6.10 Å². The molecule has 3 nitrogen and oxygen atoms in total. The van der Waals surface area contributed by atoms with Crippen molar-refractivity contribution in [2.45, 2.75) is 78.7 Å². The summed E-state index contributed by atoms with van der Waals surface area (Å²) in [4.78, 5) is 22.9. The fourth-order valence-electron chi connectivity index (χ4n) is 7.05. The number of rotatable bonds is 3. The molecule has 6 unspecified atom stereocenters. The van der Waals surface area contributed by atoms with Crippen molar-refractivity contribution < 1.29 is 14.3 Å². The molecule has 0 aromatic rings. The summed E-state index contributed by atoms with van der Waals surface area (Å²) >= 11 is 0. The van der Waals surface area contributed by atoms with Crippen LogP contribution in [0.25, 0.3) is 0 Å². The molecule has 0 radical (unpaired) electrons. The van der Waals surface area contributed by atoms with Crippen molar-refractivity contribution in [1.82, 2.24) is 0 Å². The second-order valence-electron chi connectivity index (χ2n) is 10.1. The molecule has 0 saturated heterocycles. The van der Waals surface area contributed by atoms with E-state index in [-0.39, 0.29) is 28.7 Å². The quantitative estimate of drug-likeness (QED) is 0.474. The first-order valence-electron chi connectivity index (χ1n) is 11.0. The van der Waals surface area contributed by atoms with Gasteiger partial charge in [-0.25, -0.2) is 0 Å². The molecular formula is C25H34O3. The van der Waals surface area contributed by atoms with Crippen LogP contribution in [-0.4, -0.2) is 17.9 Å². The van der Waals surface area contributed by atoms with Gasteiger partial charge in [0.2, 0.25) is 0 Å². The predicted octanol–water partition coefficient (Wildman–Crippen LogP) is 5.56. The highest BCUT2D eigenvalue weighted by Gasteiger charge is 2.59. The molecular weight excluding hydrogens is 348 g/mol. The third-order valence-corrected chi connectivity index (χ3v) is 8.55. The van der Waals surface area contributed by atoms with Crippen molar-refractivity contribution in [2.75, 3.05) is 0 Å². The average Bonchev–Trinajstić information content (AvgIpc) is 2.95. The van der Waals surface area contributed by atoms with E-state index >= 15 is 0 Å². The van der Waals surface area contributed by atoms with Crippen LogP contribution in [-0.2, 0) is 14.3 Å². The normalized spacial score (nSPS) is 42.1. The van der Waals surface area contributed by atoms with Crippen molar-refractivity contribution in [3.05, 3.63) is 35.5 Å². The first-order chi connectivity index (χ1) is 13.2. The molecule has 0 heterocycles. The number of allylic oxidation sites excluding steroid dienone is 6. The number of hydrogen-bond acceptors (Lipinski definition) is 3. The highest BCUT2D eigenvalue weighted by Crippen LogP contribution is 2.65. The van der Waals surface area contributed by atoms with Crippen LogP contribution in [0.5, 0.6) is 0 Å². The van der Waals surface area contributed by atoms with Crippen LogP contribution in [0.2, 0.25) is 0 Å². The largest absolute Gasteiger partial charge is 0.462 e. The second kappa shape index (κ2) is 7.00. The molecule has 28 heavy (non-hydrogen) atoms. The summed E-state index contributed by atoms with van der Waals surface area (Å²) in [7, 11) is 0. The van der Waals surface area contributed by atoms with Crippen LogP contribution in [0, 0.1) is 28.6 Å². The van der Waals surface area contributed by atoms with Crippen LogP contribution in [0.1, 0.15) is 72.6 Å². The van der Waals surface area contributed by atoms with Gasteiger partial charge in [-0.2, -0.15) is 0 Å². The number of ether oxygens (including phenoxy) is 1. The van der Waals surface area contributed by atoms with Gasteiger partial charge in [0.15, 0.2) is 5.78 Å². The lowest BCUT2D eigenvalue weighted by Crippen LogP contribution is -2.50. The maximum Gasteiger partial charge on any atom is 0.302 e. The Balaban J connectivity index is 1.60. The minimum absolute atomic E-state index is 0.101. The topological polar surface area (TPSA) is 43.4 Å². The molecule has 0 aromatic heterocycles. The van der Waals surface area contributed by atoms with E-state index in [1.807, 2.05) is 6.08 Å². The van der Waals surface area contributed by atoms with E-state index in [4.69, 9.17) is 4.74 Å². The SMILES string of the molecule is CC(=O)/C=C/C1=CC2=CCC3C(CCC4(C)C(OC(C)=O)CCC34)C2(C)CC1. The van der Waals surface area contributed by atoms with Gasteiger partial charge in [0.05, 0.1) is 0 Å². The average molecular weight is 383 g/mol. The van der Waals surface area contributed by atoms with Gasteiger partial charge in [0.25, 0.3) is 0 Å². The van der Waals surface area contributed by atoms with Crippen molar-refractivity contribution >= 4 is 11.8 Å². The maximum absolute atomic E-state index is 11.6. The standard InChI is InChI=1S/C25H34O3/c1-16(26)5-6-18-11-13-24(3)19(15-18)7-8-20-21-9-10-23(28-17(2)27)25(21,4)14-12-22(20)24/h5-7,15,20-23H,8-14H2,1-4H3/b6-5+. The third-order valence-electron chi connectivity index (χ3n) is 8.55. The molecule has 0 aromatic carbocycles. The number of hydrogen-bond donors (Lipinski definition) is 0. The van der Waals surface area contributed by atoms with Crippen LogP contribution in [0.15, 0.2) is 35.5 Å². The van der Waals surface area contributed by atoms with Crippen LogP contribution < -0.4 is 0 Å². The summed E-state index contributed by atoms with van der Waals surface area (Å²) in [5.41, 5.74) is 3.17. The number of carbonyl (C=O) groups excluding carboxylic acids is 2. The zero-order valence-electron chi connectivity index (χ0n) is 17.8. The van der Waals surface area contributed by atoms with Gasteiger partial charge in [-0.3, -0.25) is 9.59 Å². The van der Waals surface area contributed by atoms with Crippen molar-refractivity contribution in [2.24, 2.45) is 28.6 Å². The van der Waals surface area contributed by atoms with Crippen LogP contribution >= 0.6 is 0 Å². The zero-order valence-corrected chi connectivity index (χ0v) is 17.8. The lowest BCUT2D eigenvalue weighted by Gasteiger charge is -2.56. The molecule has 2 fully saturated rings. The Labute approximate surface area is 169 Å². The molecule has 0 amide bonds. The number of carbonyl (C=O) groups is 2. The van der Waals surface area contributed by atoms with E-state index in [2.05, 4.69) is 26.0 Å². The van der Waals surface area contributed by atoms with Gasteiger partial charge in [-0.1, -0.05) is 32.1 Å². The van der Waals surface area contributed by atoms with Crippen molar-refractivity contribution in [3.63, 3.8) is 0 Å². The molecule has 4 aliphatic carbocycles. The Bertz CT molecular complexity index is 773. The number of esters is 1. The van der Waals surface area contributed by atoms with E-state index in [9.17, 15) is 9.59 Å². The minimum atomic E-state index is -0.129. The van der Waals surface area contributed by atoms with Gasteiger partial charge < -0.3 is 4.74 Å². The molecule has 152 valence electrons. The number of fused-ring (bicyclic) bond motifs is 5. The Hall–Kier alpha value is -1.64. The van der Waals surface area contributed by atoms with Gasteiger partial charge in [-0.15, -0.1) is 0 Å². The lowest BCUT2D eigenvalue weighted by molar-refractivity contribution is -0.156. The van der Waals surface area contributed by atoms with E-state index in [1.165, 1.54) is 36.8 Å². The maximum atomic E-state index is 11.6. The zero-order chi connectivity index (χ0) is 20.1. The molecule has 0 bridgehead atoms. The summed E-state index contributed by atoms with van der Waals surface area (Å²) in [6.07, 6.45) is 16.6. The molecule has 6 atom stereocenters. The Morgan fingerprint density at radius 1 is 1.11 bits per heavy atom. The summed E-state index contributed by atoms with van der Waals surface area (Å²) in [5, 5.41) is 0. The molecule has 0 spiro atoms. The first kappa shape index (κ1) is 19.7. The Morgan fingerprint density at radius 3 is 2.61 bits per heavy atom.